The van der Waals surface area contributed by atoms with Gasteiger partial charge in [0.05, 0.1) is 20.6 Å². The Kier molecular flexibility index (Phi) is 12.1. The van der Waals surface area contributed by atoms with Crippen molar-refractivity contribution in [3.05, 3.63) is 92.4 Å². The first-order valence-corrected chi connectivity index (χ1v) is 16.3. The van der Waals surface area contributed by atoms with E-state index in [4.69, 9.17) is 34.8 Å². The van der Waals surface area contributed by atoms with Crippen LogP contribution in [0.5, 0.6) is 0 Å². The zero-order valence-electron chi connectivity index (χ0n) is 24.2. The number of hydrogen-bond donors (Lipinski definition) is 1. The molecule has 0 aliphatic heterocycles. The Morgan fingerprint density at radius 2 is 1.60 bits per heavy atom. The van der Waals surface area contributed by atoms with E-state index in [1.165, 1.54) is 17.0 Å². The summed E-state index contributed by atoms with van der Waals surface area (Å²) in [6.07, 6.45) is 2.01. The monoisotopic (exact) mass is 651 g/mol. The highest BCUT2D eigenvalue weighted by molar-refractivity contribution is 7.92. The first-order valence-electron chi connectivity index (χ1n) is 13.8. The average molecular weight is 653 g/mol. The topological polar surface area (TPSA) is 86.8 Å². The average Bonchev–Trinajstić information content (AvgIpc) is 2.94. The molecule has 1 atom stereocenters. The first kappa shape index (κ1) is 33.7. The van der Waals surface area contributed by atoms with Crippen molar-refractivity contribution in [1.29, 1.82) is 0 Å². The van der Waals surface area contributed by atoms with Crippen LogP contribution in [0.4, 0.5) is 5.69 Å². The minimum atomic E-state index is -4.19. The van der Waals surface area contributed by atoms with Crippen LogP contribution in [0, 0.1) is 13.8 Å². The second kappa shape index (κ2) is 15.1. The van der Waals surface area contributed by atoms with Crippen molar-refractivity contribution < 1.29 is 18.0 Å². The number of rotatable bonds is 13. The maximum absolute atomic E-state index is 14.2. The van der Waals surface area contributed by atoms with Gasteiger partial charge in [0.2, 0.25) is 11.8 Å². The lowest BCUT2D eigenvalue weighted by Gasteiger charge is -2.33. The molecule has 0 spiro atoms. The molecule has 2 amide bonds. The molecule has 0 heterocycles. The summed E-state index contributed by atoms with van der Waals surface area (Å²) in [7, 11) is -4.19. The summed E-state index contributed by atoms with van der Waals surface area (Å²) in [6.45, 7) is 7.37. The predicted molar refractivity (Wildman–Crippen MR) is 171 cm³/mol. The van der Waals surface area contributed by atoms with E-state index in [1.807, 2.05) is 20.8 Å². The minimum Gasteiger partial charge on any atom is -0.354 e. The van der Waals surface area contributed by atoms with Gasteiger partial charge >= 0.3 is 0 Å². The number of unbranched alkanes of at least 4 members (excludes halogenated alkanes) is 1. The van der Waals surface area contributed by atoms with Crippen LogP contribution in [0.2, 0.25) is 15.1 Å². The Morgan fingerprint density at radius 3 is 2.19 bits per heavy atom. The van der Waals surface area contributed by atoms with E-state index in [-0.39, 0.29) is 17.3 Å². The van der Waals surface area contributed by atoms with Crippen LogP contribution in [0.3, 0.4) is 0 Å². The molecule has 11 heteroatoms. The standard InChI is InChI=1S/C31H36Cl3N3O4S/c1-5-7-16-35-31(39)28(6-2)36(19-23-10-14-26(33)27(34)18-23)30(38)20-37(29-15-11-24(32)17-22(29)4)42(40,41)25-12-8-21(3)9-13-25/h8-15,17-18,28H,5-7,16,19-20H2,1-4H3,(H,35,39)/t28-/m0/s1. The molecule has 0 fully saturated rings. The number of hydrogen-bond acceptors (Lipinski definition) is 4. The number of nitrogens with zero attached hydrogens (tertiary/aromatic N) is 2. The Bertz CT molecular complexity index is 1510. The number of nitrogens with one attached hydrogen (secondary N) is 1. The number of sulfonamides is 1. The quantitative estimate of drug-likeness (QED) is 0.198. The zero-order valence-corrected chi connectivity index (χ0v) is 27.2. The molecule has 7 nitrogen and oxygen atoms in total. The fraction of sp³-hybridized carbons (Fsp3) is 0.355. The largest absolute Gasteiger partial charge is 0.354 e. The van der Waals surface area contributed by atoms with Gasteiger partial charge in [-0.2, -0.15) is 0 Å². The Hall–Kier alpha value is -2.78. The SMILES string of the molecule is CCCCNC(=O)[C@H](CC)N(Cc1ccc(Cl)c(Cl)c1)C(=O)CN(c1ccc(Cl)cc1C)S(=O)(=O)c1ccc(C)cc1. The van der Waals surface area contributed by atoms with Gasteiger partial charge in [0, 0.05) is 18.1 Å². The van der Waals surface area contributed by atoms with Gasteiger partial charge in [-0.3, -0.25) is 13.9 Å². The van der Waals surface area contributed by atoms with Gasteiger partial charge < -0.3 is 10.2 Å². The molecule has 226 valence electrons. The van der Waals surface area contributed by atoms with Gasteiger partial charge in [-0.15, -0.1) is 0 Å². The van der Waals surface area contributed by atoms with Crippen molar-refractivity contribution in [3.8, 4) is 0 Å². The third kappa shape index (κ3) is 8.40. The van der Waals surface area contributed by atoms with Gasteiger partial charge in [-0.05, 0) is 80.3 Å². The lowest BCUT2D eigenvalue weighted by Crippen LogP contribution is -2.52. The van der Waals surface area contributed by atoms with E-state index >= 15 is 0 Å². The second-order valence-electron chi connectivity index (χ2n) is 10.1. The van der Waals surface area contributed by atoms with Crippen molar-refractivity contribution in [2.24, 2.45) is 0 Å². The molecular weight excluding hydrogens is 617 g/mol. The van der Waals surface area contributed by atoms with Crippen LogP contribution in [-0.4, -0.2) is 44.3 Å². The van der Waals surface area contributed by atoms with Gasteiger partial charge in [-0.1, -0.05) is 78.8 Å². The number of anilines is 1. The van der Waals surface area contributed by atoms with E-state index < -0.39 is 28.5 Å². The Labute approximate surface area is 263 Å². The molecule has 0 aliphatic carbocycles. The molecular formula is C31H36Cl3N3O4S. The number of carbonyl (C=O) groups excluding carboxylic acids is 2. The van der Waals surface area contributed by atoms with Crippen LogP contribution in [-0.2, 0) is 26.2 Å². The smallest absolute Gasteiger partial charge is 0.264 e. The van der Waals surface area contributed by atoms with Gasteiger partial charge in [0.25, 0.3) is 10.0 Å². The zero-order chi connectivity index (χ0) is 31.0. The van der Waals surface area contributed by atoms with Crippen molar-refractivity contribution in [2.75, 3.05) is 17.4 Å². The Balaban J connectivity index is 2.08. The number of carbonyl (C=O) groups is 2. The summed E-state index contributed by atoms with van der Waals surface area (Å²) in [4.78, 5) is 28.9. The second-order valence-corrected chi connectivity index (χ2v) is 13.2. The highest BCUT2D eigenvalue weighted by atomic mass is 35.5. The molecule has 42 heavy (non-hydrogen) atoms. The third-order valence-electron chi connectivity index (χ3n) is 6.87. The molecule has 0 saturated carbocycles. The van der Waals surface area contributed by atoms with Gasteiger partial charge in [-0.25, -0.2) is 8.42 Å². The van der Waals surface area contributed by atoms with E-state index in [9.17, 15) is 18.0 Å². The van der Waals surface area contributed by atoms with Crippen LogP contribution in [0.15, 0.2) is 65.6 Å². The van der Waals surface area contributed by atoms with Gasteiger partial charge in [0.15, 0.2) is 0 Å². The summed E-state index contributed by atoms with van der Waals surface area (Å²) >= 11 is 18.6. The molecule has 3 rings (SSSR count). The Morgan fingerprint density at radius 1 is 0.905 bits per heavy atom. The van der Waals surface area contributed by atoms with Crippen molar-refractivity contribution in [2.45, 2.75) is 64.4 Å². The molecule has 3 aromatic carbocycles. The lowest BCUT2D eigenvalue weighted by atomic mass is 10.1. The third-order valence-corrected chi connectivity index (χ3v) is 9.62. The normalized spacial score (nSPS) is 12.1. The molecule has 0 saturated heterocycles. The summed E-state index contributed by atoms with van der Waals surface area (Å²) in [5, 5.41) is 4.01. The highest BCUT2D eigenvalue weighted by Gasteiger charge is 2.34. The number of halogens is 3. The molecule has 0 unspecified atom stereocenters. The molecule has 1 N–H and O–H groups in total. The number of benzene rings is 3. The summed E-state index contributed by atoms with van der Waals surface area (Å²) in [5.74, 6) is -0.862. The van der Waals surface area contributed by atoms with Crippen molar-refractivity contribution in [3.63, 3.8) is 0 Å². The van der Waals surface area contributed by atoms with E-state index in [0.29, 0.717) is 44.8 Å². The summed E-state index contributed by atoms with van der Waals surface area (Å²) in [5.41, 5.74) is 2.43. The van der Waals surface area contributed by atoms with E-state index in [2.05, 4.69) is 5.32 Å². The first-order chi connectivity index (χ1) is 19.9. The summed E-state index contributed by atoms with van der Waals surface area (Å²) in [6, 6.07) is 15.4. The van der Waals surface area contributed by atoms with E-state index in [0.717, 1.165) is 22.7 Å². The minimum absolute atomic E-state index is 0.0213. The van der Waals surface area contributed by atoms with Crippen molar-refractivity contribution >= 4 is 62.3 Å². The fourth-order valence-corrected chi connectivity index (χ4v) is 6.54. The van der Waals surface area contributed by atoms with E-state index in [1.54, 1.807) is 55.5 Å². The highest BCUT2D eigenvalue weighted by Crippen LogP contribution is 2.30. The predicted octanol–water partition coefficient (Wildman–Crippen LogP) is 7.18. The van der Waals surface area contributed by atoms with Crippen LogP contribution < -0.4 is 9.62 Å². The maximum atomic E-state index is 14.2. The van der Waals surface area contributed by atoms with Crippen molar-refractivity contribution in [1.82, 2.24) is 10.2 Å². The summed E-state index contributed by atoms with van der Waals surface area (Å²) < 4.78 is 29.2. The van der Waals surface area contributed by atoms with Crippen LogP contribution >= 0.6 is 34.8 Å². The van der Waals surface area contributed by atoms with Crippen LogP contribution in [0.1, 0.15) is 49.8 Å². The van der Waals surface area contributed by atoms with Crippen LogP contribution in [0.25, 0.3) is 0 Å². The lowest BCUT2D eigenvalue weighted by molar-refractivity contribution is -0.140. The number of amides is 2. The molecule has 3 aromatic rings. The molecule has 0 radical (unpaired) electrons. The molecule has 0 aromatic heterocycles. The number of aryl methyl sites for hydroxylation is 2. The fourth-order valence-electron chi connectivity index (χ4n) is 4.51. The molecule has 0 bridgehead atoms. The molecule has 0 aliphatic rings. The van der Waals surface area contributed by atoms with Gasteiger partial charge in [0.1, 0.15) is 12.6 Å². The maximum Gasteiger partial charge on any atom is 0.264 e.